The van der Waals surface area contributed by atoms with Crippen molar-refractivity contribution in [2.45, 2.75) is 25.9 Å². The largest absolute Gasteiger partial charge is 0.480 e. The van der Waals surface area contributed by atoms with Crippen LogP contribution in [-0.4, -0.2) is 33.8 Å². The Morgan fingerprint density at radius 3 is 3.00 bits per heavy atom. The summed E-state index contributed by atoms with van der Waals surface area (Å²) in [6.07, 6.45) is 2.62. The van der Waals surface area contributed by atoms with E-state index in [0.29, 0.717) is 12.4 Å². The molecule has 110 valence electrons. The van der Waals surface area contributed by atoms with Crippen LogP contribution in [0.15, 0.2) is 24.5 Å². The highest BCUT2D eigenvalue weighted by molar-refractivity contribution is 5.95. The van der Waals surface area contributed by atoms with Crippen molar-refractivity contribution < 1.29 is 9.53 Å². The fourth-order valence-electron chi connectivity index (χ4n) is 2.59. The average molecular weight is 286 g/mol. The molecule has 2 heterocycles. The van der Waals surface area contributed by atoms with Gasteiger partial charge in [0.1, 0.15) is 12.1 Å². The first-order valence-corrected chi connectivity index (χ1v) is 6.94. The van der Waals surface area contributed by atoms with E-state index in [9.17, 15) is 4.79 Å². The molecule has 0 fully saturated rings. The quantitative estimate of drug-likeness (QED) is 0.839. The lowest BCUT2D eigenvalue weighted by molar-refractivity contribution is -0.125. The summed E-state index contributed by atoms with van der Waals surface area (Å²) in [5.41, 5.74) is 2.37. The Morgan fingerprint density at radius 2 is 2.29 bits per heavy atom. The highest BCUT2D eigenvalue weighted by Crippen LogP contribution is 2.29. The van der Waals surface area contributed by atoms with E-state index in [2.05, 4.69) is 23.2 Å². The number of fused-ring (bicyclic) bond motifs is 1. The highest BCUT2D eigenvalue weighted by atomic mass is 16.5. The molecule has 0 saturated heterocycles. The van der Waals surface area contributed by atoms with Gasteiger partial charge in [-0.1, -0.05) is 17.7 Å². The molecule has 0 saturated carbocycles. The number of hydrogen-bond acceptors (Lipinski definition) is 4. The van der Waals surface area contributed by atoms with Crippen LogP contribution in [0.2, 0.25) is 0 Å². The normalized spacial score (nSPS) is 17.0. The molecule has 1 aromatic heterocycles. The molecular formula is C15H18N4O2. The molecule has 0 spiro atoms. The van der Waals surface area contributed by atoms with Crippen LogP contribution in [-0.2, 0) is 18.3 Å². The van der Waals surface area contributed by atoms with Gasteiger partial charge in [-0.15, -0.1) is 10.2 Å². The first-order chi connectivity index (χ1) is 10.1. The number of rotatable bonds is 2. The summed E-state index contributed by atoms with van der Waals surface area (Å²) in [6, 6.07) is 6.05. The van der Waals surface area contributed by atoms with Crippen molar-refractivity contribution in [1.29, 1.82) is 0 Å². The topological polar surface area (TPSA) is 60.2 Å². The number of ether oxygens (including phenoxy) is 1. The molecule has 3 rings (SSSR count). The van der Waals surface area contributed by atoms with E-state index < -0.39 is 6.10 Å². The fraction of sp³-hybridized carbons (Fsp3) is 0.400. The molecule has 1 amide bonds. The number of benzene rings is 1. The summed E-state index contributed by atoms with van der Waals surface area (Å²) in [6.45, 7) is 2.05. The molecule has 1 aromatic carbocycles. The van der Waals surface area contributed by atoms with Crippen LogP contribution >= 0.6 is 0 Å². The summed E-state index contributed by atoms with van der Waals surface area (Å²) < 4.78 is 7.57. The van der Waals surface area contributed by atoms with Crippen molar-refractivity contribution >= 4 is 11.9 Å². The molecule has 1 aliphatic heterocycles. The Hall–Kier alpha value is -2.37. The van der Waals surface area contributed by atoms with Gasteiger partial charge in [0.15, 0.2) is 6.10 Å². The van der Waals surface area contributed by atoms with Gasteiger partial charge < -0.3 is 9.30 Å². The SMILES string of the molecule is Cc1ccc2c(c1)CC[C@@H](C(=O)N(C)c1nncn1C)O2. The Bertz CT molecular complexity index is 680. The minimum absolute atomic E-state index is 0.0997. The van der Waals surface area contributed by atoms with E-state index in [1.807, 2.05) is 12.1 Å². The third kappa shape index (κ3) is 2.49. The van der Waals surface area contributed by atoms with Gasteiger partial charge in [0.25, 0.3) is 5.91 Å². The van der Waals surface area contributed by atoms with Gasteiger partial charge in [-0.25, -0.2) is 0 Å². The second-order valence-electron chi connectivity index (χ2n) is 5.40. The Labute approximate surface area is 123 Å². The van der Waals surface area contributed by atoms with Gasteiger partial charge in [0.05, 0.1) is 0 Å². The third-order valence-electron chi connectivity index (χ3n) is 3.75. The number of aromatic nitrogens is 3. The molecule has 2 aromatic rings. The van der Waals surface area contributed by atoms with Crippen LogP contribution in [0.3, 0.4) is 0 Å². The van der Waals surface area contributed by atoms with Crippen molar-refractivity contribution in [3.05, 3.63) is 35.7 Å². The molecule has 0 radical (unpaired) electrons. The maximum atomic E-state index is 12.5. The minimum atomic E-state index is -0.470. The van der Waals surface area contributed by atoms with Gasteiger partial charge in [0, 0.05) is 14.1 Å². The monoisotopic (exact) mass is 286 g/mol. The van der Waals surface area contributed by atoms with Crippen LogP contribution in [0.25, 0.3) is 0 Å². The third-order valence-corrected chi connectivity index (χ3v) is 3.75. The number of likely N-dealkylation sites (N-methyl/N-ethyl adjacent to an activating group) is 1. The number of nitrogens with zero attached hydrogens (tertiary/aromatic N) is 4. The predicted octanol–water partition coefficient (Wildman–Crippen LogP) is 1.48. The summed E-state index contributed by atoms with van der Waals surface area (Å²) in [5, 5.41) is 7.74. The molecule has 1 atom stereocenters. The Balaban J connectivity index is 1.78. The Kier molecular flexibility index (Phi) is 3.37. The van der Waals surface area contributed by atoms with Gasteiger partial charge in [-0.3, -0.25) is 9.69 Å². The summed E-state index contributed by atoms with van der Waals surface area (Å²) in [7, 11) is 3.50. The van der Waals surface area contributed by atoms with E-state index in [-0.39, 0.29) is 5.91 Å². The van der Waals surface area contributed by atoms with E-state index in [1.165, 1.54) is 16.0 Å². The van der Waals surface area contributed by atoms with Crippen LogP contribution in [0.1, 0.15) is 17.5 Å². The first-order valence-electron chi connectivity index (χ1n) is 6.94. The van der Waals surface area contributed by atoms with E-state index in [1.54, 1.807) is 25.0 Å². The van der Waals surface area contributed by atoms with E-state index >= 15 is 0 Å². The first kappa shape index (κ1) is 13.6. The van der Waals surface area contributed by atoms with Crippen molar-refractivity contribution in [1.82, 2.24) is 14.8 Å². The molecule has 21 heavy (non-hydrogen) atoms. The van der Waals surface area contributed by atoms with E-state index in [4.69, 9.17) is 4.74 Å². The summed E-state index contributed by atoms with van der Waals surface area (Å²) in [5.74, 6) is 1.21. The zero-order valence-electron chi connectivity index (χ0n) is 12.4. The summed E-state index contributed by atoms with van der Waals surface area (Å²) in [4.78, 5) is 14.0. The van der Waals surface area contributed by atoms with Crippen molar-refractivity contribution in [2.24, 2.45) is 7.05 Å². The number of anilines is 1. The van der Waals surface area contributed by atoms with E-state index in [0.717, 1.165) is 12.2 Å². The average Bonchev–Trinajstić information content (AvgIpc) is 2.91. The molecule has 1 aliphatic rings. The van der Waals surface area contributed by atoms with Crippen LogP contribution in [0, 0.1) is 6.92 Å². The number of aryl methyl sites for hydroxylation is 3. The fourth-order valence-corrected chi connectivity index (χ4v) is 2.59. The lowest BCUT2D eigenvalue weighted by atomic mass is 10.00. The molecule has 0 aliphatic carbocycles. The second kappa shape index (κ2) is 5.20. The lowest BCUT2D eigenvalue weighted by Gasteiger charge is -2.28. The standard InChI is InChI=1S/C15H18N4O2/c1-10-4-6-12-11(8-10)5-7-13(21-12)14(20)19(3)15-17-16-9-18(15)2/h4,6,8-9,13H,5,7H2,1-3H3/t13-/m0/s1. The molecule has 0 bridgehead atoms. The maximum absolute atomic E-state index is 12.5. The maximum Gasteiger partial charge on any atom is 0.270 e. The minimum Gasteiger partial charge on any atom is -0.480 e. The highest BCUT2D eigenvalue weighted by Gasteiger charge is 2.30. The predicted molar refractivity (Wildman–Crippen MR) is 78.3 cm³/mol. The van der Waals surface area contributed by atoms with Gasteiger partial charge >= 0.3 is 0 Å². The zero-order valence-corrected chi connectivity index (χ0v) is 12.4. The van der Waals surface area contributed by atoms with Crippen LogP contribution in [0.5, 0.6) is 5.75 Å². The Morgan fingerprint density at radius 1 is 1.48 bits per heavy atom. The van der Waals surface area contributed by atoms with Crippen molar-refractivity contribution in [3.8, 4) is 5.75 Å². The lowest BCUT2D eigenvalue weighted by Crippen LogP contribution is -2.42. The number of amides is 1. The zero-order chi connectivity index (χ0) is 15.0. The van der Waals surface area contributed by atoms with Gasteiger partial charge in [0.2, 0.25) is 5.95 Å². The number of carbonyl (C=O) groups is 1. The number of carbonyl (C=O) groups excluding carboxylic acids is 1. The molecule has 6 nitrogen and oxygen atoms in total. The van der Waals surface area contributed by atoms with Gasteiger partial charge in [-0.2, -0.15) is 0 Å². The van der Waals surface area contributed by atoms with Crippen molar-refractivity contribution in [3.63, 3.8) is 0 Å². The molecule has 0 N–H and O–H groups in total. The van der Waals surface area contributed by atoms with Crippen LogP contribution in [0.4, 0.5) is 5.95 Å². The van der Waals surface area contributed by atoms with Crippen LogP contribution < -0.4 is 9.64 Å². The molecule has 6 heteroatoms. The van der Waals surface area contributed by atoms with Gasteiger partial charge in [-0.05, 0) is 31.4 Å². The number of hydrogen-bond donors (Lipinski definition) is 0. The molecule has 0 unspecified atom stereocenters. The smallest absolute Gasteiger partial charge is 0.270 e. The summed E-state index contributed by atoms with van der Waals surface area (Å²) >= 11 is 0. The van der Waals surface area contributed by atoms with Crippen molar-refractivity contribution in [2.75, 3.05) is 11.9 Å². The molecular weight excluding hydrogens is 268 g/mol. The second-order valence-corrected chi connectivity index (χ2v) is 5.40.